The molecule has 1 heterocycles. The lowest BCUT2D eigenvalue weighted by Crippen LogP contribution is -2.26. The van der Waals surface area contributed by atoms with Crippen molar-refractivity contribution in [2.24, 2.45) is 7.05 Å². The van der Waals surface area contributed by atoms with Crippen LogP contribution in [0.4, 0.5) is 0 Å². The smallest absolute Gasteiger partial charge is 0.252 e. The van der Waals surface area contributed by atoms with E-state index in [1.54, 1.807) is 6.20 Å². The number of carbonyl (C=O) groups excluding carboxylic acids is 1. The van der Waals surface area contributed by atoms with Crippen molar-refractivity contribution >= 4 is 21.8 Å². The SMILES string of the molecule is Cc1cccc(C(=O)NCCc2nccn2C)c1Br. The van der Waals surface area contributed by atoms with Crippen molar-refractivity contribution in [1.82, 2.24) is 14.9 Å². The maximum Gasteiger partial charge on any atom is 0.252 e. The van der Waals surface area contributed by atoms with Gasteiger partial charge in [0.15, 0.2) is 0 Å². The number of rotatable bonds is 4. The summed E-state index contributed by atoms with van der Waals surface area (Å²) in [4.78, 5) is 16.3. The van der Waals surface area contributed by atoms with Crippen molar-refractivity contribution in [3.8, 4) is 0 Å². The number of nitrogens with zero attached hydrogens (tertiary/aromatic N) is 2. The zero-order valence-electron chi connectivity index (χ0n) is 11.0. The second-order valence-corrected chi connectivity index (χ2v) is 5.19. The van der Waals surface area contributed by atoms with Gasteiger partial charge in [-0.15, -0.1) is 0 Å². The lowest BCUT2D eigenvalue weighted by molar-refractivity contribution is 0.0953. The van der Waals surface area contributed by atoms with E-state index in [0.717, 1.165) is 22.3 Å². The van der Waals surface area contributed by atoms with Gasteiger partial charge in [0.25, 0.3) is 5.91 Å². The lowest BCUT2D eigenvalue weighted by atomic mass is 10.1. The molecule has 1 aromatic heterocycles. The summed E-state index contributed by atoms with van der Waals surface area (Å²) in [6, 6.07) is 5.66. The minimum absolute atomic E-state index is 0.0650. The van der Waals surface area contributed by atoms with Crippen LogP contribution in [-0.4, -0.2) is 22.0 Å². The molecular weight excluding hydrogens is 306 g/mol. The highest BCUT2D eigenvalue weighted by molar-refractivity contribution is 9.10. The van der Waals surface area contributed by atoms with Crippen molar-refractivity contribution in [2.45, 2.75) is 13.3 Å². The van der Waals surface area contributed by atoms with Crippen molar-refractivity contribution in [3.05, 3.63) is 52.0 Å². The van der Waals surface area contributed by atoms with Crippen LogP contribution >= 0.6 is 15.9 Å². The molecule has 0 fully saturated rings. The lowest BCUT2D eigenvalue weighted by Gasteiger charge is -2.08. The first-order valence-electron chi connectivity index (χ1n) is 6.09. The molecule has 2 aromatic rings. The average Bonchev–Trinajstić information content (AvgIpc) is 2.78. The number of carbonyl (C=O) groups is 1. The number of nitrogens with one attached hydrogen (secondary N) is 1. The fourth-order valence-corrected chi connectivity index (χ4v) is 2.29. The molecule has 0 bridgehead atoms. The van der Waals surface area contributed by atoms with E-state index in [0.29, 0.717) is 12.1 Å². The minimum atomic E-state index is -0.0650. The van der Waals surface area contributed by atoms with E-state index in [4.69, 9.17) is 0 Å². The Morgan fingerprint density at radius 2 is 2.26 bits per heavy atom. The first kappa shape index (κ1) is 13.8. The third kappa shape index (κ3) is 3.23. The average molecular weight is 322 g/mol. The quantitative estimate of drug-likeness (QED) is 0.940. The number of imidazole rings is 1. The van der Waals surface area contributed by atoms with Gasteiger partial charge in [-0.05, 0) is 34.5 Å². The standard InChI is InChI=1S/C14H16BrN3O/c1-10-4-3-5-11(13(10)15)14(19)17-7-6-12-16-8-9-18(12)2/h3-5,8-9H,6-7H2,1-2H3,(H,17,19). The fourth-order valence-electron chi connectivity index (χ4n) is 1.84. The van der Waals surface area contributed by atoms with Crippen molar-refractivity contribution in [3.63, 3.8) is 0 Å². The Morgan fingerprint density at radius 1 is 1.47 bits per heavy atom. The van der Waals surface area contributed by atoms with E-state index in [1.165, 1.54) is 0 Å². The molecule has 0 unspecified atom stereocenters. The van der Waals surface area contributed by atoms with Crippen molar-refractivity contribution in [1.29, 1.82) is 0 Å². The third-order valence-corrected chi connectivity index (χ3v) is 4.04. The molecule has 2 rings (SSSR count). The molecule has 0 aliphatic carbocycles. The largest absolute Gasteiger partial charge is 0.352 e. The molecule has 1 amide bonds. The highest BCUT2D eigenvalue weighted by Crippen LogP contribution is 2.20. The first-order valence-corrected chi connectivity index (χ1v) is 6.88. The van der Waals surface area contributed by atoms with Gasteiger partial charge in [0.1, 0.15) is 5.82 Å². The van der Waals surface area contributed by atoms with Crippen LogP contribution in [0.25, 0.3) is 0 Å². The molecule has 100 valence electrons. The van der Waals surface area contributed by atoms with Crippen LogP contribution in [0.3, 0.4) is 0 Å². The van der Waals surface area contributed by atoms with E-state index >= 15 is 0 Å². The number of hydrogen-bond acceptors (Lipinski definition) is 2. The van der Waals surface area contributed by atoms with E-state index in [9.17, 15) is 4.79 Å². The summed E-state index contributed by atoms with van der Waals surface area (Å²) in [5, 5.41) is 2.91. The summed E-state index contributed by atoms with van der Waals surface area (Å²) >= 11 is 3.45. The van der Waals surface area contributed by atoms with Gasteiger partial charge in [0.05, 0.1) is 5.56 Å². The minimum Gasteiger partial charge on any atom is -0.352 e. The second-order valence-electron chi connectivity index (χ2n) is 4.40. The number of halogens is 1. The summed E-state index contributed by atoms with van der Waals surface area (Å²) in [5.41, 5.74) is 1.72. The summed E-state index contributed by atoms with van der Waals surface area (Å²) in [6.07, 6.45) is 4.38. The molecule has 4 nitrogen and oxygen atoms in total. The Morgan fingerprint density at radius 3 is 2.95 bits per heavy atom. The number of hydrogen-bond donors (Lipinski definition) is 1. The summed E-state index contributed by atoms with van der Waals surface area (Å²) in [7, 11) is 1.95. The molecule has 0 saturated heterocycles. The van der Waals surface area contributed by atoms with Crippen molar-refractivity contribution < 1.29 is 4.79 Å². The molecule has 0 atom stereocenters. The topological polar surface area (TPSA) is 46.9 Å². The van der Waals surface area contributed by atoms with Gasteiger partial charge >= 0.3 is 0 Å². The van der Waals surface area contributed by atoms with Gasteiger partial charge in [0.2, 0.25) is 0 Å². The Bertz CT molecular complexity index is 592. The van der Waals surface area contributed by atoms with Gasteiger partial charge < -0.3 is 9.88 Å². The van der Waals surface area contributed by atoms with Crippen LogP contribution < -0.4 is 5.32 Å². The van der Waals surface area contributed by atoms with Crippen LogP contribution in [-0.2, 0) is 13.5 Å². The molecule has 0 spiro atoms. The molecular formula is C14H16BrN3O. The Balaban J connectivity index is 1.95. The second kappa shape index (κ2) is 6.02. The van der Waals surface area contributed by atoms with Gasteiger partial charge in [-0.25, -0.2) is 4.98 Å². The van der Waals surface area contributed by atoms with Gasteiger partial charge in [0, 0.05) is 36.9 Å². The highest BCUT2D eigenvalue weighted by atomic mass is 79.9. The Labute approximate surface area is 121 Å². The number of aryl methyl sites for hydroxylation is 2. The molecule has 1 aromatic carbocycles. The zero-order chi connectivity index (χ0) is 13.8. The summed E-state index contributed by atoms with van der Waals surface area (Å²) in [6.45, 7) is 2.54. The Hall–Kier alpha value is -1.62. The predicted molar refractivity (Wildman–Crippen MR) is 78.1 cm³/mol. The fraction of sp³-hybridized carbons (Fsp3) is 0.286. The van der Waals surface area contributed by atoms with E-state index in [2.05, 4.69) is 26.2 Å². The van der Waals surface area contributed by atoms with Gasteiger partial charge in [-0.2, -0.15) is 0 Å². The molecule has 0 saturated carbocycles. The number of benzene rings is 1. The molecule has 19 heavy (non-hydrogen) atoms. The monoisotopic (exact) mass is 321 g/mol. The normalized spacial score (nSPS) is 10.5. The first-order chi connectivity index (χ1) is 9.09. The van der Waals surface area contributed by atoms with Crippen LogP contribution in [0.1, 0.15) is 21.7 Å². The Kier molecular flexibility index (Phi) is 4.37. The third-order valence-electron chi connectivity index (χ3n) is 2.99. The van der Waals surface area contributed by atoms with Gasteiger partial charge in [-0.3, -0.25) is 4.79 Å². The number of amides is 1. The highest BCUT2D eigenvalue weighted by Gasteiger charge is 2.10. The van der Waals surface area contributed by atoms with E-state index < -0.39 is 0 Å². The van der Waals surface area contributed by atoms with Crippen LogP contribution in [0, 0.1) is 6.92 Å². The van der Waals surface area contributed by atoms with E-state index in [-0.39, 0.29) is 5.91 Å². The van der Waals surface area contributed by atoms with Crippen LogP contribution in [0.5, 0.6) is 0 Å². The van der Waals surface area contributed by atoms with Crippen LogP contribution in [0.15, 0.2) is 35.1 Å². The molecule has 5 heteroatoms. The zero-order valence-corrected chi connectivity index (χ0v) is 12.6. The van der Waals surface area contributed by atoms with E-state index in [1.807, 2.05) is 42.9 Å². The molecule has 1 N–H and O–H groups in total. The maximum atomic E-state index is 12.1. The summed E-state index contributed by atoms with van der Waals surface area (Å²) < 4.78 is 2.80. The summed E-state index contributed by atoms with van der Waals surface area (Å²) in [5.74, 6) is 0.897. The maximum absolute atomic E-state index is 12.1. The molecule has 0 aliphatic heterocycles. The number of aromatic nitrogens is 2. The molecule has 0 radical (unpaired) electrons. The predicted octanol–water partition coefficient (Wildman–Crippen LogP) is 2.46. The van der Waals surface area contributed by atoms with Crippen LogP contribution in [0.2, 0.25) is 0 Å². The van der Waals surface area contributed by atoms with Crippen molar-refractivity contribution in [2.75, 3.05) is 6.54 Å². The van der Waals surface area contributed by atoms with Gasteiger partial charge in [-0.1, -0.05) is 12.1 Å². The molecule has 0 aliphatic rings.